The van der Waals surface area contributed by atoms with E-state index in [4.69, 9.17) is 0 Å². The maximum Gasteiger partial charge on any atom is 1.00 e. The van der Waals surface area contributed by atoms with E-state index in [2.05, 4.69) is 6.07 Å². The molecule has 7 heavy (non-hydrogen) atoms. The smallest absolute Gasteiger partial charge is 0.184 e. The van der Waals surface area contributed by atoms with Gasteiger partial charge in [0.2, 0.25) is 0 Å². The van der Waals surface area contributed by atoms with E-state index in [0.29, 0.717) is 0 Å². The zero-order valence-electron chi connectivity index (χ0n) is 3.69. The van der Waals surface area contributed by atoms with Crippen LogP contribution in [0.4, 0.5) is 0 Å². The van der Waals surface area contributed by atoms with Gasteiger partial charge in [0.05, 0.1) is 0 Å². The third kappa shape index (κ3) is 2.63. The zero-order chi connectivity index (χ0) is 4.24. The Hall–Kier alpha value is -0.0397. The van der Waals surface area contributed by atoms with E-state index in [1.165, 1.54) is 0 Å². The van der Waals surface area contributed by atoms with Gasteiger partial charge in [0, 0.05) is 0 Å². The second kappa shape index (κ2) is 4.13. The van der Waals surface area contributed by atoms with Gasteiger partial charge in [-0.15, -0.1) is 0 Å². The summed E-state index contributed by atoms with van der Waals surface area (Å²) in [7, 11) is 0. The first-order valence-electron chi connectivity index (χ1n) is 1.91. The fourth-order valence-corrected chi connectivity index (χ4v) is 0.342. The minimum atomic E-state index is 0. The molecule has 40 valence electrons. The van der Waals surface area contributed by atoms with Crippen molar-refractivity contribution in [3.05, 3.63) is 36.4 Å². The summed E-state index contributed by atoms with van der Waals surface area (Å²) in [4.78, 5) is 0. The van der Waals surface area contributed by atoms with Crippen molar-refractivity contribution >= 4 is 0 Å². The van der Waals surface area contributed by atoms with Crippen LogP contribution in [0.25, 0.3) is 0 Å². The maximum absolute atomic E-state index is 2.89. The van der Waals surface area contributed by atoms with E-state index in [1.54, 1.807) is 0 Å². The molecule has 0 nitrogen and oxygen atoms in total. The van der Waals surface area contributed by atoms with E-state index in [1.807, 2.05) is 30.3 Å². The maximum atomic E-state index is 2.89. The predicted octanol–water partition coefficient (Wildman–Crippen LogP) is 1.48. The first-order valence-corrected chi connectivity index (χ1v) is 1.91. The molecule has 1 rings (SSSR count). The molecule has 0 aliphatic carbocycles. The van der Waals surface area contributed by atoms with Crippen LogP contribution >= 0.6 is 0 Å². The van der Waals surface area contributed by atoms with Crippen LogP contribution in [0, 0.1) is 6.07 Å². The average molecular weight is 185 g/mol. The molecule has 0 unspecified atom stereocenters. The Morgan fingerprint density at radius 2 is 1.43 bits per heavy atom. The van der Waals surface area contributed by atoms with Gasteiger partial charge < -0.3 is 0 Å². The second-order valence-corrected chi connectivity index (χ2v) is 1.08. The van der Waals surface area contributed by atoms with Crippen molar-refractivity contribution in [2.45, 2.75) is 0 Å². The van der Waals surface area contributed by atoms with Crippen molar-refractivity contribution < 1.29 is 22.4 Å². The molecule has 0 atom stereocenters. The van der Waals surface area contributed by atoms with Gasteiger partial charge in [-0.3, -0.25) is 0 Å². The molecular weight excluding hydrogens is 180 g/mol. The predicted molar refractivity (Wildman–Crippen MR) is 25.3 cm³/mol. The Bertz CT molecular complexity index is 76.1. The number of rotatable bonds is 0. The number of hydrogen-bond donors (Lipinski definition) is 0. The van der Waals surface area contributed by atoms with Crippen molar-refractivity contribution in [1.82, 2.24) is 0 Å². The van der Waals surface area contributed by atoms with Crippen LogP contribution in [0.5, 0.6) is 0 Å². The summed E-state index contributed by atoms with van der Waals surface area (Å²) in [5, 5.41) is 0. The van der Waals surface area contributed by atoms with Gasteiger partial charge in [0.15, 0.2) is 0 Å². The molecule has 0 amide bonds. The molecular formula is C6H5Ag. The van der Waals surface area contributed by atoms with E-state index in [0.717, 1.165) is 0 Å². The Morgan fingerprint density at radius 3 is 1.57 bits per heavy atom. The number of benzene rings is 1. The van der Waals surface area contributed by atoms with Crippen LogP contribution < -0.4 is 0 Å². The van der Waals surface area contributed by atoms with Crippen LogP contribution in [-0.2, 0) is 22.4 Å². The van der Waals surface area contributed by atoms with Crippen molar-refractivity contribution in [3.63, 3.8) is 0 Å². The van der Waals surface area contributed by atoms with Crippen LogP contribution in [0.1, 0.15) is 0 Å². The minimum Gasteiger partial charge on any atom is -0.184 e. The quantitative estimate of drug-likeness (QED) is 0.424. The van der Waals surface area contributed by atoms with Gasteiger partial charge in [0.25, 0.3) is 0 Å². The van der Waals surface area contributed by atoms with Crippen molar-refractivity contribution in [3.8, 4) is 0 Å². The molecule has 0 bridgehead atoms. The molecule has 0 aliphatic heterocycles. The topological polar surface area (TPSA) is 0 Å². The summed E-state index contributed by atoms with van der Waals surface area (Å²) in [6, 6.07) is 12.5. The first-order chi connectivity index (χ1) is 3.00. The molecule has 0 fully saturated rings. The fraction of sp³-hybridized carbons (Fsp3) is 0. The Kier molecular flexibility index (Phi) is 4.10. The summed E-state index contributed by atoms with van der Waals surface area (Å²) in [5.41, 5.74) is 0. The molecule has 0 radical (unpaired) electrons. The van der Waals surface area contributed by atoms with Crippen molar-refractivity contribution in [2.75, 3.05) is 0 Å². The third-order valence-electron chi connectivity index (χ3n) is 0.607. The molecule has 0 aromatic heterocycles. The van der Waals surface area contributed by atoms with E-state index in [9.17, 15) is 0 Å². The standard InChI is InChI=1S/C6H5.Ag/c1-2-4-6-5-3-1;/h1-5H;/q-1;+1. The van der Waals surface area contributed by atoms with Crippen LogP contribution in [-0.4, -0.2) is 0 Å². The van der Waals surface area contributed by atoms with E-state index in [-0.39, 0.29) is 22.4 Å². The van der Waals surface area contributed by atoms with Gasteiger partial charge in [-0.1, -0.05) is 0 Å². The number of hydrogen-bond acceptors (Lipinski definition) is 0. The largest absolute Gasteiger partial charge is 1.00 e. The Morgan fingerprint density at radius 1 is 0.857 bits per heavy atom. The zero-order valence-corrected chi connectivity index (χ0v) is 5.17. The summed E-state index contributed by atoms with van der Waals surface area (Å²) < 4.78 is 0. The van der Waals surface area contributed by atoms with Gasteiger partial charge >= 0.3 is 22.4 Å². The van der Waals surface area contributed by atoms with Gasteiger partial charge in [-0.2, -0.15) is 36.4 Å². The van der Waals surface area contributed by atoms with Crippen molar-refractivity contribution in [1.29, 1.82) is 0 Å². The second-order valence-electron chi connectivity index (χ2n) is 1.08. The van der Waals surface area contributed by atoms with Crippen LogP contribution in [0.3, 0.4) is 0 Å². The molecule has 0 spiro atoms. The summed E-state index contributed by atoms with van der Waals surface area (Å²) >= 11 is 0. The van der Waals surface area contributed by atoms with Crippen molar-refractivity contribution in [2.24, 2.45) is 0 Å². The summed E-state index contributed by atoms with van der Waals surface area (Å²) in [6.45, 7) is 0. The average Bonchev–Trinajstić information content (AvgIpc) is 1.72. The van der Waals surface area contributed by atoms with Crippen LogP contribution in [0.15, 0.2) is 30.3 Å². The normalized spacial score (nSPS) is 6.86. The summed E-state index contributed by atoms with van der Waals surface area (Å²) in [5.74, 6) is 0. The molecule has 1 aromatic carbocycles. The SMILES string of the molecule is [Ag+].[c-]1ccccc1. The molecule has 0 heterocycles. The Labute approximate surface area is 59.1 Å². The minimum absolute atomic E-state index is 0. The molecule has 0 saturated carbocycles. The van der Waals surface area contributed by atoms with Crippen LogP contribution in [0.2, 0.25) is 0 Å². The van der Waals surface area contributed by atoms with Gasteiger partial charge in [0.1, 0.15) is 0 Å². The Balaban J connectivity index is 0.000000360. The summed E-state index contributed by atoms with van der Waals surface area (Å²) in [6.07, 6.45) is 0. The van der Waals surface area contributed by atoms with Gasteiger partial charge in [-0.05, 0) is 0 Å². The van der Waals surface area contributed by atoms with E-state index >= 15 is 0 Å². The first kappa shape index (κ1) is 6.96. The molecule has 0 aliphatic rings. The molecule has 0 saturated heterocycles. The fourth-order valence-electron chi connectivity index (χ4n) is 0.342. The van der Waals surface area contributed by atoms with Gasteiger partial charge in [-0.25, -0.2) is 0 Å². The monoisotopic (exact) mass is 184 g/mol. The van der Waals surface area contributed by atoms with E-state index < -0.39 is 0 Å². The third-order valence-corrected chi connectivity index (χ3v) is 0.607. The molecule has 0 N–H and O–H groups in total. The molecule has 1 aromatic rings. The molecule has 1 heteroatoms.